The first kappa shape index (κ1) is 59.6. The van der Waals surface area contributed by atoms with Gasteiger partial charge in [-0.25, -0.2) is 16.8 Å². The van der Waals surface area contributed by atoms with E-state index in [1.807, 2.05) is 14.1 Å². The standard InChI is InChI=1S/C26H36N4O5S.C14H20N2O6S.C12H18N2/c1-18-11-23(35-6)12-19(2)26(18)36(33,34)29(5)17-24(31)27-14-25(32)30-10-9-21-8-7-20(15-28(3)4)13-22(21)16-30;1-9-5-11(22-4)6-10(2)14(9)23(20,21)16(3)8-12(17)15-7-13(18)19;1-14(2)9-10-3-4-11-5-6-13-8-12(11)7-10/h7-8,11-13H,9-10,14-17H2,1-6H3,(H,27,31);5-6H,7-8H2,1-4H3,(H,15,17)(H,18,19);3-4,7,13H,5-6,8-9H2,1-2H3. The van der Waals surface area contributed by atoms with Crippen LogP contribution >= 0.6 is 0 Å². The summed E-state index contributed by atoms with van der Waals surface area (Å²) in [4.78, 5) is 53.6. The first-order chi connectivity index (χ1) is 34.3. The Morgan fingerprint density at radius 2 is 1.04 bits per heavy atom. The highest BCUT2D eigenvalue weighted by Gasteiger charge is 2.29. The summed E-state index contributed by atoms with van der Waals surface area (Å²) in [5, 5.41) is 16.6. The van der Waals surface area contributed by atoms with Crippen LogP contribution in [0, 0.1) is 27.7 Å². The molecular formula is C52H74N8O11S2. The summed E-state index contributed by atoms with van der Waals surface area (Å²) < 4.78 is 63.7. The van der Waals surface area contributed by atoms with Crippen LogP contribution in [0.3, 0.4) is 0 Å². The van der Waals surface area contributed by atoms with Gasteiger partial charge in [-0.05, 0) is 155 Å². The van der Waals surface area contributed by atoms with E-state index in [2.05, 4.69) is 76.2 Å². The monoisotopic (exact) mass is 1050 g/mol. The number of nitrogens with zero attached hydrogens (tertiary/aromatic N) is 5. The number of ether oxygens (including phenoxy) is 2. The number of nitrogens with one attached hydrogen (secondary N) is 3. The molecule has 2 aliphatic rings. The molecule has 3 amide bonds. The highest BCUT2D eigenvalue weighted by atomic mass is 32.2. The number of amides is 3. The van der Waals surface area contributed by atoms with Gasteiger partial charge in [-0.15, -0.1) is 0 Å². The minimum Gasteiger partial charge on any atom is -0.497 e. The first-order valence-electron chi connectivity index (χ1n) is 23.7. The lowest BCUT2D eigenvalue weighted by molar-refractivity contribution is -0.138. The molecule has 0 fully saturated rings. The van der Waals surface area contributed by atoms with Crippen LogP contribution in [-0.2, 0) is 78.2 Å². The molecule has 73 heavy (non-hydrogen) atoms. The number of carbonyl (C=O) groups excluding carboxylic acids is 3. The van der Waals surface area contributed by atoms with Crippen molar-refractivity contribution in [1.29, 1.82) is 0 Å². The van der Waals surface area contributed by atoms with Crippen molar-refractivity contribution >= 4 is 43.7 Å². The van der Waals surface area contributed by atoms with Gasteiger partial charge in [0.05, 0.1) is 43.6 Å². The highest BCUT2D eigenvalue weighted by molar-refractivity contribution is 7.89. The number of hydrogen-bond donors (Lipinski definition) is 4. The lowest BCUT2D eigenvalue weighted by Crippen LogP contribution is -2.45. The van der Waals surface area contributed by atoms with Crippen molar-refractivity contribution in [2.45, 2.75) is 76.5 Å². The summed E-state index contributed by atoms with van der Waals surface area (Å²) in [5.74, 6) is -1.52. The Morgan fingerprint density at radius 3 is 1.47 bits per heavy atom. The third-order valence-corrected chi connectivity index (χ3v) is 16.3. The fraction of sp³-hybridized carbons (Fsp3) is 0.462. The molecular weight excluding hydrogens is 977 g/mol. The van der Waals surface area contributed by atoms with Gasteiger partial charge in [0.25, 0.3) is 0 Å². The van der Waals surface area contributed by atoms with E-state index in [0.717, 1.165) is 46.8 Å². The lowest BCUT2D eigenvalue weighted by atomic mass is 9.97. The molecule has 0 bridgehead atoms. The summed E-state index contributed by atoms with van der Waals surface area (Å²) >= 11 is 0. The summed E-state index contributed by atoms with van der Waals surface area (Å²) in [6.45, 7) is 10.2. The van der Waals surface area contributed by atoms with Crippen molar-refractivity contribution in [1.82, 2.24) is 39.3 Å². The van der Waals surface area contributed by atoms with E-state index in [9.17, 15) is 36.0 Å². The molecule has 2 aliphatic heterocycles. The third kappa shape index (κ3) is 17.1. The number of rotatable bonds is 18. The van der Waals surface area contributed by atoms with Gasteiger partial charge in [0.2, 0.25) is 37.8 Å². The summed E-state index contributed by atoms with van der Waals surface area (Å²) in [5.41, 5.74) is 10.0. The zero-order valence-electron chi connectivity index (χ0n) is 44.3. The van der Waals surface area contributed by atoms with E-state index in [4.69, 9.17) is 14.6 Å². The second-order valence-electron chi connectivity index (χ2n) is 18.8. The fourth-order valence-corrected chi connectivity index (χ4v) is 11.7. The van der Waals surface area contributed by atoms with Gasteiger partial charge < -0.3 is 45.2 Å². The Labute approximate surface area is 431 Å². The maximum absolute atomic E-state index is 13.1. The number of methoxy groups -OCH3 is 2. The Morgan fingerprint density at radius 1 is 0.616 bits per heavy atom. The van der Waals surface area contributed by atoms with E-state index in [-0.39, 0.29) is 22.2 Å². The summed E-state index contributed by atoms with van der Waals surface area (Å²) in [7, 11) is 6.07. The zero-order valence-corrected chi connectivity index (χ0v) is 46.0. The molecule has 400 valence electrons. The molecule has 0 aliphatic carbocycles. The fourth-order valence-electron chi connectivity index (χ4n) is 8.61. The van der Waals surface area contributed by atoms with Crippen LogP contribution < -0.4 is 25.4 Å². The predicted molar refractivity (Wildman–Crippen MR) is 280 cm³/mol. The third-order valence-electron chi connectivity index (χ3n) is 12.1. The minimum absolute atomic E-state index is 0.104. The van der Waals surface area contributed by atoms with Gasteiger partial charge in [0.1, 0.15) is 18.0 Å². The molecule has 0 aromatic heterocycles. The molecule has 0 saturated heterocycles. The van der Waals surface area contributed by atoms with E-state index >= 15 is 0 Å². The molecule has 0 atom stereocenters. The highest BCUT2D eigenvalue weighted by Crippen LogP contribution is 2.29. The minimum atomic E-state index is -3.91. The predicted octanol–water partition coefficient (Wildman–Crippen LogP) is 3.22. The largest absolute Gasteiger partial charge is 0.497 e. The smallest absolute Gasteiger partial charge is 0.322 e. The molecule has 19 nitrogen and oxygen atoms in total. The Balaban J connectivity index is 0.000000265. The number of sulfonamides is 2. The van der Waals surface area contributed by atoms with Crippen molar-refractivity contribution in [2.75, 3.05) is 95.8 Å². The van der Waals surface area contributed by atoms with Gasteiger partial charge in [0, 0.05) is 46.8 Å². The first-order valence-corrected chi connectivity index (χ1v) is 26.6. The normalized spacial score (nSPS) is 13.3. The maximum atomic E-state index is 13.1. The Hall–Kier alpha value is -5.94. The Bertz CT molecular complexity index is 2790. The Kier molecular flexibility index (Phi) is 21.9. The van der Waals surface area contributed by atoms with Crippen LogP contribution in [0.25, 0.3) is 0 Å². The number of carbonyl (C=O) groups is 4. The number of fused-ring (bicyclic) bond motifs is 2. The summed E-state index contributed by atoms with van der Waals surface area (Å²) in [6, 6.07) is 19.7. The summed E-state index contributed by atoms with van der Waals surface area (Å²) in [6.07, 6.45) is 1.94. The maximum Gasteiger partial charge on any atom is 0.322 e. The number of carboxylic acid groups (broad SMARTS) is 1. The molecule has 4 aromatic rings. The van der Waals surface area contributed by atoms with Crippen molar-refractivity contribution in [3.05, 3.63) is 116 Å². The van der Waals surface area contributed by atoms with Crippen molar-refractivity contribution < 1.29 is 50.6 Å². The molecule has 4 aromatic carbocycles. The second kappa shape index (κ2) is 26.8. The van der Waals surface area contributed by atoms with Gasteiger partial charge in [-0.2, -0.15) is 8.61 Å². The number of likely N-dealkylation sites (N-methyl/N-ethyl adjacent to an activating group) is 2. The van der Waals surface area contributed by atoms with E-state index in [0.29, 0.717) is 46.8 Å². The van der Waals surface area contributed by atoms with Gasteiger partial charge >= 0.3 is 5.97 Å². The van der Waals surface area contributed by atoms with Crippen LogP contribution in [0.1, 0.15) is 55.6 Å². The topological polar surface area (TPSA) is 228 Å². The van der Waals surface area contributed by atoms with Crippen molar-refractivity contribution in [3.63, 3.8) is 0 Å². The zero-order chi connectivity index (χ0) is 54.4. The number of hydrogen-bond acceptors (Lipinski definition) is 13. The van der Waals surface area contributed by atoms with Crippen LogP contribution in [0.4, 0.5) is 0 Å². The molecule has 21 heteroatoms. The molecule has 0 unspecified atom stereocenters. The van der Waals surface area contributed by atoms with Gasteiger partial charge in [-0.3, -0.25) is 19.2 Å². The molecule has 0 spiro atoms. The van der Waals surface area contributed by atoms with Crippen molar-refractivity contribution in [2.24, 2.45) is 0 Å². The van der Waals surface area contributed by atoms with E-state index < -0.39 is 57.5 Å². The quantitative estimate of drug-likeness (QED) is 0.112. The number of aliphatic carboxylic acids is 1. The van der Waals surface area contributed by atoms with Crippen molar-refractivity contribution in [3.8, 4) is 11.5 Å². The van der Waals surface area contributed by atoms with Crippen LogP contribution in [0.5, 0.6) is 11.5 Å². The van der Waals surface area contributed by atoms with Crippen LogP contribution in [0.2, 0.25) is 0 Å². The van der Waals surface area contributed by atoms with Gasteiger partial charge in [0.15, 0.2) is 0 Å². The number of aryl methyl sites for hydroxylation is 4. The van der Waals surface area contributed by atoms with E-state index in [1.54, 1.807) is 56.9 Å². The molecule has 0 saturated carbocycles. The molecule has 0 radical (unpaired) electrons. The lowest BCUT2D eigenvalue weighted by Gasteiger charge is -2.29. The van der Waals surface area contributed by atoms with Crippen LogP contribution in [-0.4, -0.2) is 165 Å². The molecule has 2 heterocycles. The van der Waals surface area contributed by atoms with Crippen LogP contribution in [0.15, 0.2) is 70.5 Å². The number of carboxylic acids is 1. The molecule has 6 rings (SSSR count). The number of benzene rings is 4. The SMILES string of the molecule is CN(C)Cc1ccc2c(c1)CNCC2.COc1cc(C)c(S(=O)(=O)N(C)CC(=O)NCC(=O)N2CCc3ccc(CN(C)C)cc3C2)c(C)c1.COc1cc(C)c(S(=O)(=O)N(C)CC(=O)NCC(=O)O)c(C)c1. The average Bonchev–Trinajstić information content (AvgIpc) is 3.31. The second-order valence-corrected chi connectivity index (χ2v) is 22.8. The molecule has 4 N–H and O–H groups in total. The van der Waals surface area contributed by atoms with E-state index in [1.165, 1.54) is 62.6 Å². The van der Waals surface area contributed by atoms with Gasteiger partial charge in [-0.1, -0.05) is 36.4 Å². The average molecular weight is 1050 g/mol.